The highest BCUT2D eigenvalue weighted by atomic mass is 16.6. The van der Waals surface area contributed by atoms with Crippen molar-refractivity contribution in [2.75, 3.05) is 19.7 Å². The number of benzene rings is 3. The van der Waals surface area contributed by atoms with Crippen molar-refractivity contribution in [1.29, 1.82) is 0 Å². The summed E-state index contributed by atoms with van der Waals surface area (Å²) in [6.45, 7) is 14.8. The molecule has 3 aromatic carbocycles. The topological polar surface area (TPSA) is 162 Å². The summed E-state index contributed by atoms with van der Waals surface area (Å²) in [7, 11) is 0. The molecule has 0 bridgehead atoms. The van der Waals surface area contributed by atoms with E-state index in [2.05, 4.69) is 16.0 Å². The van der Waals surface area contributed by atoms with Gasteiger partial charge in [-0.25, -0.2) is 9.59 Å². The minimum absolute atomic E-state index is 0.00178. The molecule has 1 saturated heterocycles. The number of amides is 4. The van der Waals surface area contributed by atoms with Crippen molar-refractivity contribution < 1.29 is 42.9 Å². The molecule has 326 valence electrons. The van der Waals surface area contributed by atoms with Gasteiger partial charge in [0, 0.05) is 26.1 Å². The summed E-state index contributed by atoms with van der Waals surface area (Å²) in [4.78, 5) is 67.5. The average molecular weight is 829 g/mol. The maximum absolute atomic E-state index is 13.9. The van der Waals surface area contributed by atoms with Gasteiger partial charge in [0.05, 0.1) is 6.61 Å². The molecule has 4 amide bonds. The van der Waals surface area contributed by atoms with Crippen LogP contribution in [-0.2, 0) is 48.2 Å². The van der Waals surface area contributed by atoms with Crippen LogP contribution < -0.4 is 20.7 Å². The van der Waals surface area contributed by atoms with Gasteiger partial charge in [-0.2, -0.15) is 0 Å². The number of nitrogens with zero attached hydrogens (tertiary/aromatic N) is 1. The first kappa shape index (κ1) is 47.1. The van der Waals surface area contributed by atoms with E-state index in [0.29, 0.717) is 44.2 Å². The maximum Gasteiger partial charge on any atom is 0.410 e. The van der Waals surface area contributed by atoms with Crippen LogP contribution in [-0.4, -0.2) is 77.9 Å². The van der Waals surface area contributed by atoms with E-state index in [1.165, 1.54) is 0 Å². The molecular weight excluding hydrogens is 765 g/mol. The molecule has 1 unspecified atom stereocenters. The molecule has 1 aliphatic rings. The summed E-state index contributed by atoms with van der Waals surface area (Å²) in [6.07, 6.45) is 1.76. The Hall–Kier alpha value is -5.59. The molecule has 0 saturated carbocycles. The first-order valence-corrected chi connectivity index (χ1v) is 21.0. The van der Waals surface area contributed by atoms with Crippen molar-refractivity contribution >= 4 is 30.0 Å². The van der Waals surface area contributed by atoms with E-state index in [-0.39, 0.29) is 44.4 Å². The van der Waals surface area contributed by atoms with Gasteiger partial charge in [0.2, 0.25) is 11.8 Å². The van der Waals surface area contributed by atoms with Gasteiger partial charge < -0.3 is 39.8 Å². The first-order chi connectivity index (χ1) is 28.4. The van der Waals surface area contributed by atoms with Gasteiger partial charge >= 0.3 is 18.2 Å². The SMILES string of the molecule is Cc1ccc(OCCC2CCN(C(=O)OC(C)(C)C)C2)cc1CNC(=O)[C@H](CCc1ccccc1)NC(=O)[C@H](CCCC(=O)OC(C)(C)C)NC(=O)OCc1ccccc1. The van der Waals surface area contributed by atoms with Crippen LogP contribution in [0.15, 0.2) is 78.9 Å². The van der Waals surface area contributed by atoms with Gasteiger partial charge in [0.25, 0.3) is 0 Å². The number of hydrogen-bond acceptors (Lipinski definition) is 9. The van der Waals surface area contributed by atoms with Crippen molar-refractivity contribution in [3.05, 3.63) is 101 Å². The maximum atomic E-state index is 13.9. The highest BCUT2D eigenvalue weighted by Gasteiger charge is 2.30. The van der Waals surface area contributed by atoms with Crippen LogP contribution >= 0.6 is 0 Å². The predicted octanol–water partition coefficient (Wildman–Crippen LogP) is 7.56. The second-order valence-electron chi connectivity index (χ2n) is 17.3. The van der Waals surface area contributed by atoms with Crippen molar-refractivity contribution in [3.8, 4) is 5.75 Å². The van der Waals surface area contributed by atoms with E-state index in [4.69, 9.17) is 18.9 Å². The number of carbonyl (C=O) groups excluding carboxylic acids is 5. The number of hydrogen-bond donors (Lipinski definition) is 3. The van der Waals surface area contributed by atoms with E-state index >= 15 is 0 Å². The van der Waals surface area contributed by atoms with Gasteiger partial charge in [0.15, 0.2) is 0 Å². The Morgan fingerprint density at radius 2 is 1.43 bits per heavy atom. The quantitative estimate of drug-likeness (QED) is 0.0818. The summed E-state index contributed by atoms with van der Waals surface area (Å²) in [5, 5.41) is 8.55. The Bertz CT molecular complexity index is 1860. The molecule has 3 atom stereocenters. The molecule has 0 radical (unpaired) electrons. The summed E-state index contributed by atoms with van der Waals surface area (Å²) in [5.41, 5.74) is 2.39. The number of carbonyl (C=O) groups is 5. The van der Waals surface area contributed by atoms with Crippen LogP contribution in [0.5, 0.6) is 5.75 Å². The lowest BCUT2D eigenvalue weighted by Crippen LogP contribution is -2.53. The molecule has 0 spiro atoms. The summed E-state index contributed by atoms with van der Waals surface area (Å²) in [5.74, 6) is -0.407. The molecule has 0 aliphatic carbocycles. The second kappa shape index (κ2) is 22.7. The molecule has 3 aromatic rings. The largest absolute Gasteiger partial charge is 0.494 e. The monoisotopic (exact) mass is 828 g/mol. The zero-order chi connectivity index (χ0) is 43.7. The van der Waals surface area contributed by atoms with Crippen molar-refractivity contribution in [3.63, 3.8) is 0 Å². The fourth-order valence-electron chi connectivity index (χ4n) is 6.65. The smallest absolute Gasteiger partial charge is 0.410 e. The van der Waals surface area contributed by atoms with Crippen LogP contribution in [0.2, 0.25) is 0 Å². The number of likely N-dealkylation sites (tertiary alicyclic amines) is 1. The van der Waals surface area contributed by atoms with Crippen LogP contribution in [0.3, 0.4) is 0 Å². The minimum atomic E-state index is -1.09. The Balaban J connectivity index is 1.39. The van der Waals surface area contributed by atoms with E-state index < -0.39 is 41.3 Å². The van der Waals surface area contributed by atoms with Gasteiger partial charge in [-0.3, -0.25) is 14.4 Å². The fourth-order valence-corrected chi connectivity index (χ4v) is 6.65. The molecule has 1 fully saturated rings. The molecule has 1 aliphatic heterocycles. The van der Waals surface area contributed by atoms with E-state index in [1.807, 2.05) is 107 Å². The predicted molar refractivity (Wildman–Crippen MR) is 229 cm³/mol. The van der Waals surface area contributed by atoms with Crippen molar-refractivity contribution in [2.24, 2.45) is 5.92 Å². The van der Waals surface area contributed by atoms with E-state index in [0.717, 1.165) is 35.1 Å². The molecule has 4 rings (SSSR count). The van der Waals surface area contributed by atoms with Crippen molar-refractivity contribution in [2.45, 2.75) is 130 Å². The molecule has 0 aromatic heterocycles. The lowest BCUT2D eigenvalue weighted by molar-refractivity contribution is -0.155. The summed E-state index contributed by atoms with van der Waals surface area (Å²) >= 11 is 0. The Morgan fingerprint density at radius 1 is 0.783 bits per heavy atom. The number of alkyl carbamates (subject to hydrolysis) is 1. The third-order valence-electron chi connectivity index (χ3n) is 9.82. The number of ether oxygens (including phenoxy) is 4. The molecule has 13 nitrogen and oxygen atoms in total. The van der Waals surface area contributed by atoms with Gasteiger partial charge in [0.1, 0.15) is 35.6 Å². The number of aryl methyl sites for hydroxylation is 2. The van der Waals surface area contributed by atoms with Gasteiger partial charge in [-0.15, -0.1) is 0 Å². The fraction of sp³-hybridized carbons (Fsp3) is 0.511. The molecular formula is C47H64N4O9. The standard InChI is InChI=1S/C47H64N4O9/c1-33-21-23-38(57-28-26-35-25-27-51(31-35)45(56)60-47(5,6)7)29-37(33)30-48-42(53)40(24-22-34-15-10-8-11-16-34)49-43(54)39(19-14-20-41(52)59-46(2,3)4)50-44(55)58-32-36-17-12-9-13-18-36/h8-13,15-18,21,23,29,35,39-40H,14,19-20,22,24-28,30-32H2,1-7H3,(H,48,53)(H,49,54)(H,50,55)/t35?,39-,40-/m0/s1. The summed E-state index contributed by atoms with van der Waals surface area (Å²) in [6, 6.07) is 22.5. The van der Waals surface area contributed by atoms with Gasteiger partial charge in [-0.05, 0) is 127 Å². The van der Waals surface area contributed by atoms with Crippen LogP contribution in [0.25, 0.3) is 0 Å². The van der Waals surface area contributed by atoms with Crippen LogP contribution in [0.4, 0.5) is 9.59 Å². The van der Waals surface area contributed by atoms with Gasteiger partial charge in [-0.1, -0.05) is 66.7 Å². The average Bonchev–Trinajstić information content (AvgIpc) is 3.67. The lowest BCUT2D eigenvalue weighted by Gasteiger charge is -2.24. The zero-order valence-corrected chi connectivity index (χ0v) is 36.3. The lowest BCUT2D eigenvalue weighted by atomic mass is 10.0. The molecule has 60 heavy (non-hydrogen) atoms. The van der Waals surface area contributed by atoms with Crippen LogP contribution in [0, 0.1) is 12.8 Å². The van der Waals surface area contributed by atoms with Crippen LogP contribution in [0.1, 0.15) is 102 Å². The highest BCUT2D eigenvalue weighted by Crippen LogP contribution is 2.24. The highest BCUT2D eigenvalue weighted by molar-refractivity contribution is 5.91. The molecule has 1 heterocycles. The number of nitrogens with one attached hydrogen (secondary N) is 3. The first-order valence-electron chi connectivity index (χ1n) is 21.0. The Kier molecular flexibility index (Phi) is 17.8. The van der Waals surface area contributed by atoms with Crippen molar-refractivity contribution in [1.82, 2.24) is 20.9 Å². The third kappa shape index (κ3) is 17.3. The second-order valence-corrected chi connectivity index (χ2v) is 17.3. The van der Waals surface area contributed by atoms with E-state index in [9.17, 15) is 24.0 Å². The minimum Gasteiger partial charge on any atom is -0.494 e. The zero-order valence-electron chi connectivity index (χ0n) is 36.3. The third-order valence-corrected chi connectivity index (χ3v) is 9.82. The Labute approximate surface area is 355 Å². The van der Waals surface area contributed by atoms with E-state index in [1.54, 1.807) is 25.7 Å². The summed E-state index contributed by atoms with van der Waals surface area (Å²) < 4.78 is 22.5. The molecule has 3 N–H and O–H groups in total. The Morgan fingerprint density at radius 3 is 2.10 bits per heavy atom. The normalized spacial score (nSPS) is 15.0. The number of esters is 1. The number of rotatable bonds is 19. The molecule has 13 heteroatoms.